The standard InChI is InChI=1S/C21H26ClN3O3S/c1-21(2,28-17-7-5-16(22)6-8-17)20(27)25-13-11-24(12-14-25)10-9-23-19(26)18-4-3-15-29-18/h3-8,15H,9-14H2,1-2H3,(H,23,26). The number of nitrogens with zero attached hydrogens (tertiary/aromatic N) is 2. The van der Waals surface area contributed by atoms with E-state index in [1.807, 2.05) is 22.4 Å². The molecule has 1 aliphatic heterocycles. The Bertz CT molecular complexity index is 816. The summed E-state index contributed by atoms with van der Waals surface area (Å²) in [7, 11) is 0. The molecule has 0 atom stereocenters. The second-order valence-corrected chi connectivity index (χ2v) is 8.82. The maximum absolute atomic E-state index is 12.9. The maximum Gasteiger partial charge on any atom is 0.266 e. The van der Waals surface area contributed by atoms with Gasteiger partial charge in [-0.25, -0.2) is 0 Å². The van der Waals surface area contributed by atoms with Gasteiger partial charge in [0.1, 0.15) is 5.75 Å². The Morgan fingerprint density at radius 1 is 1.14 bits per heavy atom. The van der Waals surface area contributed by atoms with Crippen molar-refractivity contribution in [2.45, 2.75) is 19.4 Å². The molecule has 156 valence electrons. The van der Waals surface area contributed by atoms with E-state index in [-0.39, 0.29) is 11.8 Å². The van der Waals surface area contributed by atoms with Gasteiger partial charge in [0.2, 0.25) is 0 Å². The van der Waals surface area contributed by atoms with E-state index in [1.165, 1.54) is 11.3 Å². The van der Waals surface area contributed by atoms with E-state index in [1.54, 1.807) is 38.1 Å². The van der Waals surface area contributed by atoms with E-state index in [0.717, 1.165) is 24.5 Å². The highest BCUT2D eigenvalue weighted by atomic mass is 35.5. The number of benzene rings is 1. The Hall–Kier alpha value is -2.09. The molecule has 1 saturated heterocycles. The van der Waals surface area contributed by atoms with Crippen LogP contribution in [0.4, 0.5) is 0 Å². The van der Waals surface area contributed by atoms with E-state index in [2.05, 4.69) is 10.2 Å². The van der Waals surface area contributed by atoms with Gasteiger partial charge in [-0.1, -0.05) is 17.7 Å². The first-order valence-electron chi connectivity index (χ1n) is 9.63. The summed E-state index contributed by atoms with van der Waals surface area (Å²) < 4.78 is 5.92. The van der Waals surface area contributed by atoms with Crippen LogP contribution in [0.3, 0.4) is 0 Å². The Morgan fingerprint density at radius 2 is 1.83 bits per heavy atom. The van der Waals surface area contributed by atoms with Gasteiger partial charge >= 0.3 is 0 Å². The predicted octanol–water partition coefficient (Wildman–Crippen LogP) is 3.13. The lowest BCUT2D eigenvalue weighted by Gasteiger charge is -2.38. The molecule has 0 spiro atoms. The lowest BCUT2D eigenvalue weighted by atomic mass is 10.1. The van der Waals surface area contributed by atoms with Gasteiger partial charge in [-0.05, 0) is 49.6 Å². The zero-order chi connectivity index (χ0) is 20.9. The van der Waals surface area contributed by atoms with Crippen molar-refractivity contribution < 1.29 is 14.3 Å². The highest BCUT2D eigenvalue weighted by molar-refractivity contribution is 7.12. The van der Waals surface area contributed by atoms with Crippen LogP contribution in [0.5, 0.6) is 5.75 Å². The minimum Gasteiger partial charge on any atom is -0.478 e. The number of carbonyl (C=O) groups excluding carboxylic acids is 2. The molecule has 1 fully saturated rings. The second kappa shape index (κ2) is 9.61. The van der Waals surface area contributed by atoms with Gasteiger partial charge in [-0.3, -0.25) is 14.5 Å². The Balaban J connectivity index is 1.42. The van der Waals surface area contributed by atoms with Crippen LogP contribution in [-0.2, 0) is 4.79 Å². The summed E-state index contributed by atoms with van der Waals surface area (Å²) in [5.74, 6) is 0.556. The Kier molecular flexibility index (Phi) is 7.16. The number of piperazine rings is 1. The fraction of sp³-hybridized carbons (Fsp3) is 0.429. The predicted molar refractivity (Wildman–Crippen MR) is 116 cm³/mol. The van der Waals surface area contributed by atoms with Gasteiger partial charge in [-0.2, -0.15) is 0 Å². The van der Waals surface area contributed by atoms with Crippen LogP contribution in [0.2, 0.25) is 5.02 Å². The van der Waals surface area contributed by atoms with E-state index >= 15 is 0 Å². The molecule has 1 aromatic carbocycles. The lowest BCUT2D eigenvalue weighted by molar-refractivity contribution is -0.147. The van der Waals surface area contributed by atoms with Crippen LogP contribution < -0.4 is 10.1 Å². The number of ether oxygens (including phenoxy) is 1. The topological polar surface area (TPSA) is 61.9 Å². The molecule has 0 bridgehead atoms. The fourth-order valence-electron chi connectivity index (χ4n) is 3.22. The van der Waals surface area contributed by atoms with Gasteiger partial charge in [0.05, 0.1) is 4.88 Å². The molecule has 1 aliphatic rings. The van der Waals surface area contributed by atoms with Crippen molar-refractivity contribution >= 4 is 34.8 Å². The van der Waals surface area contributed by atoms with E-state index < -0.39 is 5.60 Å². The summed E-state index contributed by atoms with van der Waals surface area (Å²) in [6.45, 7) is 7.78. The summed E-state index contributed by atoms with van der Waals surface area (Å²) in [6.07, 6.45) is 0. The number of carbonyl (C=O) groups is 2. The van der Waals surface area contributed by atoms with Gasteiger partial charge in [0, 0.05) is 44.3 Å². The van der Waals surface area contributed by atoms with E-state index in [0.29, 0.717) is 30.4 Å². The summed E-state index contributed by atoms with van der Waals surface area (Å²) in [4.78, 5) is 29.7. The van der Waals surface area contributed by atoms with Gasteiger partial charge in [-0.15, -0.1) is 11.3 Å². The average Bonchev–Trinajstić information content (AvgIpc) is 3.24. The van der Waals surface area contributed by atoms with Crippen molar-refractivity contribution in [1.29, 1.82) is 0 Å². The molecule has 2 amide bonds. The third-order valence-corrected chi connectivity index (χ3v) is 5.94. The Labute approximate surface area is 180 Å². The fourth-order valence-corrected chi connectivity index (χ4v) is 3.98. The molecule has 2 heterocycles. The zero-order valence-corrected chi connectivity index (χ0v) is 18.3. The van der Waals surface area contributed by atoms with Crippen molar-refractivity contribution in [3.8, 4) is 5.75 Å². The van der Waals surface area contributed by atoms with Gasteiger partial charge < -0.3 is 15.0 Å². The monoisotopic (exact) mass is 435 g/mol. The number of rotatable bonds is 7. The average molecular weight is 436 g/mol. The molecular weight excluding hydrogens is 410 g/mol. The number of thiophene rings is 1. The highest BCUT2D eigenvalue weighted by Gasteiger charge is 2.35. The summed E-state index contributed by atoms with van der Waals surface area (Å²) in [5.41, 5.74) is -0.954. The molecule has 29 heavy (non-hydrogen) atoms. The van der Waals surface area contributed by atoms with Crippen LogP contribution in [0, 0.1) is 0 Å². The molecule has 0 aliphatic carbocycles. The molecule has 0 unspecified atom stereocenters. The number of amides is 2. The zero-order valence-electron chi connectivity index (χ0n) is 16.7. The lowest BCUT2D eigenvalue weighted by Crippen LogP contribution is -2.56. The highest BCUT2D eigenvalue weighted by Crippen LogP contribution is 2.23. The number of hydrogen-bond acceptors (Lipinski definition) is 5. The minimum atomic E-state index is -0.954. The van der Waals surface area contributed by atoms with Crippen molar-refractivity contribution in [3.05, 3.63) is 51.7 Å². The van der Waals surface area contributed by atoms with Crippen molar-refractivity contribution in [2.75, 3.05) is 39.3 Å². The number of halogens is 1. The normalized spacial score (nSPS) is 15.2. The van der Waals surface area contributed by atoms with Gasteiger partial charge in [0.15, 0.2) is 5.60 Å². The summed E-state index contributed by atoms with van der Waals surface area (Å²) in [5, 5.41) is 5.46. The molecule has 3 rings (SSSR count). The largest absolute Gasteiger partial charge is 0.478 e. The van der Waals surface area contributed by atoms with Crippen LogP contribution >= 0.6 is 22.9 Å². The minimum absolute atomic E-state index is 0.0295. The Morgan fingerprint density at radius 3 is 2.45 bits per heavy atom. The van der Waals surface area contributed by atoms with E-state index in [4.69, 9.17) is 16.3 Å². The first-order chi connectivity index (χ1) is 13.8. The first kappa shape index (κ1) is 21.6. The summed E-state index contributed by atoms with van der Waals surface area (Å²) in [6, 6.07) is 10.7. The van der Waals surface area contributed by atoms with Crippen LogP contribution in [0.1, 0.15) is 23.5 Å². The third kappa shape index (κ3) is 5.95. The van der Waals surface area contributed by atoms with Crippen LogP contribution in [0.15, 0.2) is 41.8 Å². The van der Waals surface area contributed by atoms with Gasteiger partial charge in [0.25, 0.3) is 11.8 Å². The van der Waals surface area contributed by atoms with Crippen molar-refractivity contribution in [3.63, 3.8) is 0 Å². The summed E-state index contributed by atoms with van der Waals surface area (Å²) >= 11 is 7.34. The molecular formula is C21H26ClN3O3S. The molecule has 6 nitrogen and oxygen atoms in total. The molecule has 1 N–H and O–H groups in total. The first-order valence-corrected chi connectivity index (χ1v) is 10.9. The van der Waals surface area contributed by atoms with Crippen molar-refractivity contribution in [1.82, 2.24) is 15.1 Å². The van der Waals surface area contributed by atoms with Crippen LogP contribution in [-0.4, -0.2) is 66.5 Å². The molecule has 1 aromatic heterocycles. The molecule has 0 saturated carbocycles. The molecule has 0 radical (unpaired) electrons. The molecule has 8 heteroatoms. The van der Waals surface area contributed by atoms with Crippen LogP contribution in [0.25, 0.3) is 0 Å². The number of hydrogen-bond donors (Lipinski definition) is 1. The third-order valence-electron chi connectivity index (χ3n) is 4.82. The number of nitrogens with one attached hydrogen (secondary N) is 1. The molecule has 2 aromatic rings. The van der Waals surface area contributed by atoms with Crippen molar-refractivity contribution in [2.24, 2.45) is 0 Å². The second-order valence-electron chi connectivity index (χ2n) is 7.43. The quantitative estimate of drug-likeness (QED) is 0.725. The maximum atomic E-state index is 12.9. The smallest absolute Gasteiger partial charge is 0.266 e. The SMILES string of the molecule is CC(C)(Oc1ccc(Cl)cc1)C(=O)N1CCN(CCNC(=O)c2cccs2)CC1. The van der Waals surface area contributed by atoms with E-state index in [9.17, 15) is 9.59 Å².